The second kappa shape index (κ2) is 9.37. The summed E-state index contributed by atoms with van der Waals surface area (Å²) in [7, 11) is 1.88. The third-order valence-corrected chi connectivity index (χ3v) is 6.93. The van der Waals surface area contributed by atoms with Gasteiger partial charge in [0, 0.05) is 64.3 Å². The van der Waals surface area contributed by atoms with Gasteiger partial charge in [0.25, 0.3) is 0 Å². The second-order valence-electron chi connectivity index (χ2n) is 8.95. The van der Waals surface area contributed by atoms with E-state index < -0.39 is 0 Å². The van der Waals surface area contributed by atoms with E-state index >= 15 is 0 Å². The first-order valence-corrected chi connectivity index (χ1v) is 11.0. The second-order valence-corrected chi connectivity index (χ2v) is 8.95. The van der Waals surface area contributed by atoms with Crippen molar-refractivity contribution in [3.8, 4) is 0 Å². The van der Waals surface area contributed by atoms with Crippen molar-refractivity contribution in [2.45, 2.75) is 64.5 Å². The predicted octanol–water partition coefficient (Wildman–Crippen LogP) is 1.65. The molecule has 0 unspecified atom stereocenters. The molecule has 1 aliphatic carbocycles. The van der Waals surface area contributed by atoms with E-state index in [0.29, 0.717) is 6.54 Å². The van der Waals surface area contributed by atoms with Gasteiger partial charge in [0.1, 0.15) is 0 Å². The lowest BCUT2D eigenvalue weighted by atomic mass is 9.95. The Balaban J connectivity index is 1.38. The minimum Gasteiger partial charge on any atom is -0.343 e. The number of hydrogen-bond donors (Lipinski definition) is 0. The average Bonchev–Trinajstić information content (AvgIpc) is 3.22. The number of likely N-dealkylation sites (tertiary alicyclic amines) is 1. The van der Waals surface area contributed by atoms with E-state index in [0.717, 1.165) is 58.2 Å². The Hall–Kier alpha value is -1.14. The van der Waals surface area contributed by atoms with Crippen molar-refractivity contribution in [3.05, 3.63) is 0 Å². The molecule has 3 aliphatic rings. The smallest absolute Gasteiger partial charge is 0.236 e. The fourth-order valence-electron chi connectivity index (χ4n) is 4.77. The van der Waals surface area contributed by atoms with Gasteiger partial charge in [-0.2, -0.15) is 0 Å². The van der Waals surface area contributed by atoms with Crippen molar-refractivity contribution in [1.29, 1.82) is 0 Å². The van der Waals surface area contributed by atoms with Crippen molar-refractivity contribution >= 4 is 11.8 Å². The number of carbonyl (C=O) groups excluding carboxylic acids is 2. The number of nitrogens with zero attached hydrogens (tertiary/aromatic N) is 4. The van der Waals surface area contributed by atoms with Crippen LogP contribution in [-0.2, 0) is 9.59 Å². The van der Waals surface area contributed by atoms with Crippen molar-refractivity contribution in [2.75, 3.05) is 52.9 Å². The number of amides is 2. The van der Waals surface area contributed by atoms with Gasteiger partial charge in [-0.15, -0.1) is 0 Å². The zero-order valence-electron chi connectivity index (χ0n) is 17.5. The maximum atomic E-state index is 12.7. The third-order valence-electron chi connectivity index (χ3n) is 6.93. The van der Waals surface area contributed by atoms with Gasteiger partial charge in [-0.25, -0.2) is 0 Å². The molecule has 3 rings (SSSR count). The molecule has 2 heterocycles. The zero-order chi connectivity index (χ0) is 19.4. The van der Waals surface area contributed by atoms with E-state index in [1.807, 2.05) is 30.7 Å². The Morgan fingerprint density at radius 3 is 2.07 bits per heavy atom. The molecule has 0 N–H and O–H groups in total. The molecule has 0 atom stereocenters. The highest BCUT2D eigenvalue weighted by Gasteiger charge is 2.31. The lowest BCUT2D eigenvalue weighted by Crippen LogP contribution is -2.53. The highest BCUT2D eigenvalue weighted by molar-refractivity contribution is 5.81. The molecule has 2 amide bonds. The molecule has 0 aromatic carbocycles. The highest BCUT2D eigenvalue weighted by atomic mass is 16.2. The average molecular weight is 379 g/mol. The van der Waals surface area contributed by atoms with Crippen molar-refractivity contribution in [1.82, 2.24) is 19.6 Å². The monoisotopic (exact) mass is 378 g/mol. The standard InChI is InChI=1S/C21H38N4O2/c1-17(2)22(3)21(27)18-8-10-25(11-9-18)20(26)16-23-12-14-24(15-13-23)19-6-4-5-7-19/h17-19H,4-16H2,1-3H3. The molecule has 27 heavy (non-hydrogen) atoms. The number of rotatable bonds is 5. The summed E-state index contributed by atoms with van der Waals surface area (Å²) in [6.07, 6.45) is 7.09. The molecule has 1 saturated carbocycles. The number of piperidine rings is 1. The van der Waals surface area contributed by atoms with Crippen LogP contribution in [0.4, 0.5) is 0 Å². The van der Waals surface area contributed by atoms with E-state index in [1.165, 1.54) is 25.7 Å². The SMILES string of the molecule is CC(C)N(C)C(=O)C1CCN(C(=O)CN2CCN(C3CCCC3)CC2)CC1. The van der Waals surface area contributed by atoms with E-state index in [-0.39, 0.29) is 23.8 Å². The molecule has 3 fully saturated rings. The van der Waals surface area contributed by atoms with Gasteiger partial charge in [0.05, 0.1) is 6.54 Å². The van der Waals surface area contributed by atoms with Crippen LogP contribution in [0.25, 0.3) is 0 Å². The number of carbonyl (C=O) groups is 2. The summed E-state index contributed by atoms with van der Waals surface area (Å²) in [5, 5.41) is 0. The van der Waals surface area contributed by atoms with Gasteiger partial charge in [0.15, 0.2) is 0 Å². The molecule has 0 aromatic rings. The zero-order valence-corrected chi connectivity index (χ0v) is 17.5. The van der Waals surface area contributed by atoms with Crippen LogP contribution in [0.3, 0.4) is 0 Å². The molecular formula is C21H38N4O2. The third kappa shape index (κ3) is 5.23. The summed E-state index contributed by atoms with van der Waals surface area (Å²) in [6.45, 7) is 10.3. The minimum atomic E-state index is 0.0800. The molecule has 0 spiro atoms. The maximum Gasteiger partial charge on any atom is 0.236 e. The van der Waals surface area contributed by atoms with Crippen LogP contribution in [0.2, 0.25) is 0 Å². The van der Waals surface area contributed by atoms with Crippen LogP contribution in [-0.4, -0.2) is 96.4 Å². The van der Waals surface area contributed by atoms with Crippen LogP contribution >= 0.6 is 0 Å². The number of piperazine rings is 1. The Morgan fingerprint density at radius 1 is 0.926 bits per heavy atom. The van der Waals surface area contributed by atoms with Crippen LogP contribution in [0.5, 0.6) is 0 Å². The Bertz CT molecular complexity index is 502. The van der Waals surface area contributed by atoms with Crippen molar-refractivity contribution in [3.63, 3.8) is 0 Å². The van der Waals surface area contributed by atoms with E-state index in [4.69, 9.17) is 0 Å². The van der Waals surface area contributed by atoms with E-state index in [2.05, 4.69) is 9.80 Å². The lowest BCUT2D eigenvalue weighted by Gasteiger charge is -2.39. The molecule has 2 saturated heterocycles. The molecule has 0 aromatic heterocycles. The molecule has 6 heteroatoms. The van der Waals surface area contributed by atoms with Gasteiger partial charge in [-0.05, 0) is 39.5 Å². The van der Waals surface area contributed by atoms with Crippen LogP contribution in [0, 0.1) is 5.92 Å². The fraction of sp³-hybridized carbons (Fsp3) is 0.905. The van der Waals surface area contributed by atoms with Crippen molar-refractivity contribution in [2.24, 2.45) is 5.92 Å². The fourth-order valence-corrected chi connectivity index (χ4v) is 4.77. The van der Waals surface area contributed by atoms with Crippen molar-refractivity contribution < 1.29 is 9.59 Å². The molecule has 0 bridgehead atoms. The quantitative estimate of drug-likeness (QED) is 0.730. The first kappa shape index (κ1) is 20.6. The largest absolute Gasteiger partial charge is 0.343 e. The van der Waals surface area contributed by atoms with Gasteiger partial charge < -0.3 is 9.80 Å². The predicted molar refractivity (Wildman–Crippen MR) is 107 cm³/mol. The minimum absolute atomic E-state index is 0.0800. The molecule has 154 valence electrons. The Kier molecular flexibility index (Phi) is 7.15. The molecule has 6 nitrogen and oxygen atoms in total. The molecular weight excluding hydrogens is 340 g/mol. The Labute approximate surface area is 164 Å². The summed E-state index contributed by atoms with van der Waals surface area (Å²) in [5.41, 5.74) is 0. The van der Waals surface area contributed by atoms with Crippen LogP contribution in [0.1, 0.15) is 52.4 Å². The molecule has 2 aliphatic heterocycles. The maximum absolute atomic E-state index is 12.7. The summed E-state index contributed by atoms with van der Waals surface area (Å²) >= 11 is 0. The summed E-state index contributed by atoms with van der Waals surface area (Å²) in [5.74, 6) is 0.559. The topological polar surface area (TPSA) is 47.1 Å². The number of hydrogen-bond acceptors (Lipinski definition) is 4. The van der Waals surface area contributed by atoms with Gasteiger partial charge >= 0.3 is 0 Å². The Morgan fingerprint density at radius 2 is 1.52 bits per heavy atom. The van der Waals surface area contributed by atoms with Gasteiger partial charge in [0.2, 0.25) is 11.8 Å². The van der Waals surface area contributed by atoms with Crippen LogP contribution in [0.15, 0.2) is 0 Å². The van der Waals surface area contributed by atoms with E-state index in [1.54, 1.807) is 0 Å². The van der Waals surface area contributed by atoms with Gasteiger partial charge in [-0.1, -0.05) is 12.8 Å². The first-order chi connectivity index (χ1) is 13.0. The summed E-state index contributed by atoms with van der Waals surface area (Å²) in [6, 6.07) is 1.03. The summed E-state index contributed by atoms with van der Waals surface area (Å²) < 4.78 is 0. The molecule has 0 radical (unpaired) electrons. The van der Waals surface area contributed by atoms with Crippen LogP contribution < -0.4 is 0 Å². The normalized spacial score (nSPS) is 23.9. The lowest BCUT2D eigenvalue weighted by molar-refractivity contribution is -0.141. The van der Waals surface area contributed by atoms with E-state index in [9.17, 15) is 9.59 Å². The summed E-state index contributed by atoms with van der Waals surface area (Å²) in [4.78, 5) is 33.9. The highest BCUT2D eigenvalue weighted by Crippen LogP contribution is 2.24. The van der Waals surface area contributed by atoms with Gasteiger partial charge in [-0.3, -0.25) is 19.4 Å². The first-order valence-electron chi connectivity index (χ1n) is 11.0.